The number of Topliss-reactive ketones (excluding diaryl/α,β-unsaturated/α-hetero) is 2. The first-order chi connectivity index (χ1) is 6.93. The van der Waals surface area contributed by atoms with E-state index in [4.69, 9.17) is 10.8 Å². The quantitative estimate of drug-likeness (QED) is 0.439. The lowest BCUT2D eigenvalue weighted by molar-refractivity contribution is -0.124. The van der Waals surface area contributed by atoms with Crippen molar-refractivity contribution in [1.29, 1.82) is 0 Å². The lowest BCUT2D eigenvalue weighted by atomic mass is 10.2. The van der Waals surface area contributed by atoms with E-state index in [1.165, 1.54) is 13.8 Å². The number of benzene rings is 1. The molecule has 4 nitrogen and oxygen atoms in total. The zero-order valence-corrected chi connectivity index (χ0v) is 8.86. The van der Waals surface area contributed by atoms with Crippen LogP contribution < -0.4 is 5.73 Å². The van der Waals surface area contributed by atoms with Crippen molar-refractivity contribution in [1.82, 2.24) is 0 Å². The number of nitrogens with two attached hydrogens (primary N) is 1. The van der Waals surface area contributed by atoms with E-state index in [0.717, 1.165) is 0 Å². The van der Waals surface area contributed by atoms with E-state index < -0.39 is 0 Å². The molecule has 0 fully saturated rings. The monoisotopic (exact) mass is 209 g/mol. The Hall–Kier alpha value is -1.84. The summed E-state index contributed by atoms with van der Waals surface area (Å²) >= 11 is 0. The highest BCUT2D eigenvalue weighted by atomic mass is 16.3. The van der Waals surface area contributed by atoms with Gasteiger partial charge in [-0.05, 0) is 26.0 Å². The molecule has 1 aromatic rings. The maximum Gasteiger partial charge on any atom is 0.138 e. The number of phenols is 1. The number of aromatic hydroxyl groups is 1. The Labute approximate surface area is 88.7 Å². The summed E-state index contributed by atoms with van der Waals surface area (Å²) in [6.07, 6.45) is 0.0833. The normalized spacial score (nSPS) is 8.67. The Balaban J connectivity index is 0.000000265. The minimum absolute atomic E-state index is 0.0625. The Bertz CT molecular complexity index is 314. The van der Waals surface area contributed by atoms with E-state index in [1.54, 1.807) is 24.3 Å². The summed E-state index contributed by atoms with van der Waals surface area (Å²) in [6, 6.07) is 6.70. The van der Waals surface area contributed by atoms with Crippen LogP contribution in [0.3, 0.4) is 0 Å². The third kappa shape index (κ3) is 7.25. The van der Waals surface area contributed by atoms with Gasteiger partial charge in [0, 0.05) is 0 Å². The van der Waals surface area contributed by atoms with E-state index in [2.05, 4.69) is 0 Å². The molecule has 0 atom stereocenters. The Morgan fingerprint density at radius 1 is 1.20 bits per heavy atom. The molecule has 0 radical (unpaired) electrons. The maximum absolute atomic E-state index is 10.0. The third-order valence-electron chi connectivity index (χ3n) is 1.43. The lowest BCUT2D eigenvalue weighted by Crippen LogP contribution is -1.97. The number of phenolic OH excluding ortho intramolecular Hbond substituents is 1. The highest BCUT2D eigenvalue weighted by Gasteiger charge is 1.94. The van der Waals surface area contributed by atoms with E-state index in [-0.39, 0.29) is 23.7 Å². The molecule has 0 unspecified atom stereocenters. The average molecular weight is 209 g/mol. The molecule has 0 aliphatic heterocycles. The van der Waals surface area contributed by atoms with Crippen molar-refractivity contribution in [3.8, 4) is 5.75 Å². The van der Waals surface area contributed by atoms with E-state index >= 15 is 0 Å². The van der Waals surface area contributed by atoms with Gasteiger partial charge in [0.05, 0.1) is 12.1 Å². The number of ketones is 2. The molecule has 0 aliphatic rings. The summed E-state index contributed by atoms with van der Waals surface area (Å²) in [5.74, 6) is 0.0208. The molecule has 0 aromatic heterocycles. The van der Waals surface area contributed by atoms with Gasteiger partial charge in [-0.3, -0.25) is 9.59 Å². The van der Waals surface area contributed by atoms with Gasteiger partial charge in [0.1, 0.15) is 17.3 Å². The van der Waals surface area contributed by atoms with Gasteiger partial charge < -0.3 is 10.8 Å². The molecule has 15 heavy (non-hydrogen) atoms. The first kappa shape index (κ1) is 13.2. The molecule has 0 spiro atoms. The van der Waals surface area contributed by atoms with Gasteiger partial charge in [0.15, 0.2) is 0 Å². The Morgan fingerprint density at radius 2 is 1.67 bits per heavy atom. The molecular weight excluding hydrogens is 194 g/mol. The van der Waals surface area contributed by atoms with Crippen LogP contribution >= 0.6 is 0 Å². The molecule has 4 heteroatoms. The zero-order valence-electron chi connectivity index (χ0n) is 8.86. The van der Waals surface area contributed by atoms with Gasteiger partial charge in [0.2, 0.25) is 0 Å². The molecule has 3 N–H and O–H groups in total. The van der Waals surface area contributed by atoms with Crippen molar-refractivity contribution in [2.75, 3.05) is 5.73 Å². The molecule has 0 bridgehead atoms. The Morgan fingerprint density at radius 3 is 1.87 bits per heavy atom. The van der Waals surface area contributed by atoms with Crippen LogP contribution in [0.25, 0.3) is 0 Å². The van der Waals surface area contributed by atoms with Gasteiger partial charge in [-0.15, -0.1) is 0 Å². The third-order valence-corrected chi connectivity index (χ3v) is 1.43. The molecule has 0 saturated heterocycles. The number of hydrogen-bond acceptors (Lipinski definition) is 4. The first-order valence-corrected chi connectivity index (χ1v) is 4.45. The number of carbonyl (C=O) groups is 2. The number of para-hydroxylation sites is 2. The topological polar surface area (TPSA) is 80.4 Å². The number of rotatable bonds is 2. The summed E-state index contributed by atoms with van der Waals surface area (Å²) in [6.45, 7) is 2.81. The second kappa shape index (κ2) is 6.59. The van der Waals surface area contributed by atoms with Crippen LogP contribution in [0.2, 0.25) is 0 Å². The molecular formula is C11H15NO3. The van der Waals surface area contributed by atoms with Crippen molar-refractivity contribution in [2.45, 2.75) is 20.3 Å². The van der Waals surface area contributed by atoms with Crippen LogP contribution in [0.15, 0.2) is 24.3 Å². The molecule has 0 saturated carbocycles. The summed E-state index contributed by atoms with van der Waals surface area (Å²) in [4.78, 5) is 20.1. The lowest BCUT2D eigenvalue weighted by Gasteiger charge is -1.92. The van der Waals surface area contributed by atoms with Crippen molar-refractivity contribution in [3.63, 3.8) is 0 Å². The van der Waals surface area contributed by atoms with Crippen LogP contribution in [0.5, 0.6) is 5.75 Å². The largest absolute Gasteiger partial charge is 0.506 e. The molecule has 1 aromatic carbocycles. The van der Waals surface area contributed by atoms with Crippen molar-refractivity contribution in [2.24, 2.45) is 0 Å². The molecule has 0 heterocycles. The fourth-order valence-electron chi connectivity index (χ4n) is 0.838. The summed E-state index contributed by atoms with van der Waals surface area (Å²) in [7, 11) is 0. The van der Waals surface area contributed by atoms with Gasteiger partial charge >= 0.3 is 0 Å². The van der Waals surface area contributed by atoms with Crippen LogP contribution in [-0.4, -0.2) is 16.7 Å². The SMILES string of the molecule is CC(=O)CC(C)=O.Nc1ccccc1O. The minimum Gasteiger partial charge on any atom is -0.506 e. The fourth-order valence-corrected chi connectivity index (χ4v) is 0.838. The van der Waals surface area contributed by atoms with E-state index in [1.807, 2.05) is 0 Å². The van der Waals surface area contributed by atoms with Crippen LogP contribution in [0.4, 0.5) is 5.69 Å². The van der Waals surface area contributed by atoms with Gasteiger partial charge in [-0.1, -0.05) is 12.1 Å². The summed E-state index contributed by atoms with van der Waals surface area (Å²) in [5.41, 5.74) is 5.69. The van der Waals surface area contributed by atoms with Crippen molar-refractivity contribution >= 4 is 17.3 Å². The van der Waals surface area contributed by atoms with E-state index in [0.29, 0.717) is 5.69 Å². The van der Waals surface area contributed by atoms with Crippen LogP contribution in [-0.2, 0) is 9.59 Å². The fraction of sp³-hybridized carbons (Fsp3) is 0.273. The molecule has 82 valence electrons. The first-order valence-electron chi connectivity index (χ1n) is 4.45. The molecule has 0 aliphatic carbocycles. The zero-order chi connectivity index (χ0) is 11.8. The molecule has 0 amide bonds. The second-order valence-corrected chi connectivity index (χ2v) is 3.14. The molecule has 1 rings (SSSR count). The summed E-state index contributed by atoms with van der Waals surface area (Å²) < 4.78 is 0. The maximum atomic E-state index is 10.0. The van der Waals surface area contributed by atoms with Crippen LogP contribution in [0, 0.1) is 0 Å². The number of carbonyl (C=O) groups excluding carboxylic acids is 2. The minimum atomic E-state index is -0.0625. The number of anilines is 1. The van der Waals surface area contributed by atoms with E-state index in [9.17, 15) is 9.59 Å². The van der Waals surface area contributed by atoms with Crippen molar-refractivity contribution < 1.29 is 14.7 Å². The predicted octanol–water partition coefficient (Wildman–Crippen LogP) is 1.53. The number of hydrogen-bond donors (Lipinski definition) is 2. The average Bonchev–Trinajstić information content (AvgIpc) is 2.08. The standard InChI is InChI=1S/C6H7NO.C5H8O2/c7-5-3-1-2-4-6(5)8;1-4(6)3-5(2)7/h1-4,8H,7H2;3H2,1-2H3. The highest BCUT2D eigenvalue weighted by Crippen LogP contribution is 2.16. The van der Waals surface area contributed by atoms with Crippen LogP contribution in [0.1, 0.15) is 20.3 Å². The Kier molecular flexibility index (Phi) is 5.78. The second-order valence-electron chi connectivity index (χ2n) is 3.14. The van der Waals surface area contributed by atoms with Gasteiger partial charge in [0.25, 0.3) is 0 Å². The smallest absolute Gasteiger partial charge is 0.138 e. The highest BCUT2D eigenvalue weighted by molar-refractivity contribution is 5.96. The predicted molar refractivity (Wildman–Crippen MR) is 58.5 cm³/mol. The van der Waals surface area contributed by atoms with Gasteiger partial charge in [-0.2, -0.15) is 0 Å². The van der Waals surface area contributed by atoms with Gasteiger partial charge in [-0.25, -0.2) is 0 Å². The summed E-state index contributed by atoms with van der Waals surface area (Å²) in [5, 5.41) is 8.79. The van der Waals surface area contributed by atoms with Crippen molar-refractivity contribution in [3.05, 3.63) is 24.3 Å². The number of nitrogen functional groups attached to an aromatic ring is 1.